The van der Waals surface area contributed by atoms with E-state index >= 15 is 0 Å². The molecule has 0 aliphatic carbocycles. The number of pyridine rings is 1. The van der Waals surface area contributed by atoms with Crippen molar-refractivity contribution in [3.63, 3.8) is 0 Å². The Hall–Kier alpha value is -1.19. The van der Waals surface area contributed by atoms with Crippen molar-refractivity contribution in [3.8, 4) is 0 Å². The summed E-state index contributed by atoms with van der Waals surface area (Å²) < 4.78 is 1.20. The highest BCUT2D eigenvalue weighted by Crippen LogP contribution is 2.19. The van der Waals surface area contributed by atoms with Crippen LogP contribution in [-0.4, -0.2) is 17.6 Å². The zero-order chi connectivity index (χ0) is 14.9. The second-order valence-electron chi connectivity index (χ2n) is 5.31. The highest BCUT2D eigenvalue weighted by molar-refractivity contribution is 9.10. The summed E-state index contributed by atoms with van der Waals surface area (Å²) in [6.07, 6.45) is 6.22. The smallest absolute Gasteiger partial charge is 0.0404 e. The molecule has 0 radical (unpaired) electrons. The van der Waals surface area contributed by atoms with Gasteiger partial charge in [-0.1, -0.05) is 47.1 Å². The number of nitrogens with one attached hydrogen (secondary N) is 1. The third-order valence-electron chi connectivity index (χ3n) is 3.58. The molecule has 0 saturated carbocycles. The Kier molecular flexibility index (Phi) is 6.90. The van der Waals surface area contributed by atoms with Crippen molar-refractivity contribution in [3.05, 3.63) is 64.4 Å². The van der Waals surface area contributed by atoms with E-state index in [-0.39, 0.29) is 0 Å². The SMILES string of the molecule is CCCNC(CCc1ccccn1)Cc1ccccc1Br. The van der Waals surface area contributed by atoms with E-state index in [9.17, 15) is 0 Å². The van der Waals surface area contributed by atoms with Gasteiger partial charge in [0.25, 0.3) is 0 Å². The maximum atomic E-state index is 4.42. The molecule has 1 aromatic carbocycles. The van der Waals surface area contributed by atoms with E-state index in [1.807, 2.05) is 12.3 Å². The van der Waals surface area contributed by atoms with Crippen LogP contribution in [0.25, 0.3) is 0 Å². The van der Waals surface area contributed by atoms with Crippen molar-refractivity contribution in [1.82, 2.24) is 10.3 Å². The molecule has 2 rings (SSSR count). The van der Waals surface area contributed by atoms with Crippen LogP contribution in [0.15, 0.2) is 53.1 Å². The Morgan fingerprint density at radius 3 is 2.67 bits per heavy atom. The number of hydrogen-bond acceptors (Lipinski definition) is 2. The molecule has 21 heavy (non-hydrogen) atoms. The minimum Gasteiger partial charge on any atom is -0.314 e. The van der Waals surface area contributed by atoms with Gasteiger partial charge in [0.05, 0.1) is 0 Å². The first-order chi connectivity index (χ1) is 10.3. The zero-order valence-corrected chi connectivity index (χ0v) is 14.1. The van der Waals surface area contributed by atoms with Gasteiger partial charge in [-0.2, -0.15) is 0 Å². The molecule has 0 amide bonds. The first kappa shape index (κ1) is 16.2. The number of hydrogen-bond donors (Lipinski definition) is 1. The number of halogens is 1. The van der Waals surface area contributed by atoms with Crippen LogP contribution in [0.2, 0.25) is 0 Å². The van der Waals surface area contributed by atoms with Gasteiger partial charge in [0, 0.05) is 22.4 Å². The Bertz CT molecular complexity index is 528. The van der Waals surface area contributed by atoms with Crippen LogP contribution in [0.3, 0.4) is 0 Å². The summed E-state index contributed by atoms with van der Waals surface area (Å²) in [4.78, 5) is 4.42. The molecule has 0 bridgehead atoms. The molecule has 0 aliphatic heterocycles. The van der Waals surface area contributed by atoms with Crippen LogP contribution in [0.4, 0.5) is 0 Å². The van der Waals surface area contributed by atoms with Gasteiger partial charge in [0.2, 0.25) is 0 Å². The highest BCUT2D eigenvalue weighted by Gasteiger charge is 2.11. The Balaban J connectivity index is 1.96. The Morgan fingerprint density at radius 1 is 1.14 bits per heavy atom. The van der Waals surface area contributed by atoms with Gasteiger partial charge in [-0.05, 0) is 56.0 Å². The predicted molar refractivity (Wildman–Crippen MR) is 92.5 cm³/mol. The number of rotatable bonds is 8. The molecular formula is C18H23BrN2. The van der Waals surface area contributed by atoms with Gasteiger partial charge in [-0.15, -0.1) is 0 Å². The van der Waals surface area contributed by atoms with Crippen molar-refractivity contribution in [2.75, 3.05) is 6.54 Å². The lowest BCUT2D eigenvalue weighted by atomic mass is 10.0. The van der Waals surface area contributed by atoms with Gasteiger partial charge < -0.3 is 5.32 Å². The number of nitrogens with zero attached hydrogens (tertiary/aromatic N) is 1. The third-order valence-corrected chi connectivity index (χ3v) is 4.36. The lowest BCUT2D eigenvalue weighted by Crippen LogP contribution is -2.32. The number of aryl methyl sites for hydroxylation is 1. The van der Waals surface area contributed by atoms with Crippen molar-refractivity contribution in [2.24, 2.45) is 0 Å². The molecule has 112 valence electrons. The molecule has 2 aromatic rings. The van der Waals surface area contributed by atoms with Gasteiger partial charge in [-0.3, -0.25) is 4.98 Å². The first-order valence-electron chi connectivity index (χ1n) is 7.66. The largest absolute Gasteiger partial charge is 0.314 e. The van der Waals surface area contributed by atoms with E-state index in [1.54, 1.807) is 0 Å². The molecule has 2 nitrogen and oxygen atoms in total. The fourth-order valence-electron chi connectivity index (χ4n) is 2.42. The minimum absolute atomic E-state index is 0.491. The van der Waals surface area contributed by atoms with E-state index in [4.69, 9.17) is 0 Å². The monoisotopic (exact) mass is 346 g/mol. The molecule has 0 saturated heterocycles. The third kappa shape index (κ3) is 5.60. The van der Waals surface area contributed by atoms with Crippen LogP contribution in [0.1, 0.15) is 31.0 Å². The van der Waals surface area contributed by atoms with Crippen LogP contribution >= 0.6 is 15.9 Å². The maximum Gasteiger partial charge on any atom is 0.0404 e. The van der Waals surface area contributed by atoms with Gasteiger partial charge in [-0.25, -0.2) is 0 Å². The minimum atomic E-state index is 0.491. The standard InChI is InChI=1S/C18H23BrN2/c1-2-12-20-17(11-10-16-8-5-6-13-21-16)14-15-7-3-4-9-18(15)19/h3-9,13,17,20H,2,10-12,14H2,1H3. The highest BCUT2D eigenvalue weighted by atomic mass is 79.9. The van der Waals surface area contributed by atoms with Crippen molar-refractivity contribution >= 4 is 15.9 Å². The molecule has 3 heteroatoms. The molecule has 1 heterocycles. The normalized spacial score (nSPS) is 12.3. The summed E-state index contributed by atoms with van der Waals surface area (Å²) in [7, 11) is 0. The molecule has 0 fully saturated rings. The van der Waals surface area contributed by atoms with Crippen LogP contribution in [0, 0.1) is 0 Å². The summed E-state index contributed by atoms with van der Waals surface area (Å²) in [5, 5.41) is 3.67. The molecule has 0 spiro atoms. The summed E-state index contributed by atoms with van der Waals surface area (Å²) >= 11 is 3.65. The van der Waals surface area contributed by atoms with Crippen molar-refractivity contribution in [1.29, 1.82) is 0 Å². The molecule has 1 atom stereocenters. The van der Waals surface area contributed by atoms with E-state index in [1.165, 1.54) is 15.7 Å². The summed E-state index contributed by atoms with van der Waals surface area (Å²) in [6.45, 7) is 3.28. The zero-order valence-electron chi connectivity index (χ0n) is 12.6. The fourth-order valence-corrected chi connectivity index (χ4v) is 2.87. The van der Waals surface area contributed by atoms with Crippen LogP contribution < -0.4 is 5.32 Å². The van der Waals surface area contributed by atoms with Gasteiger partial charge in [0.1, 0.15) is 0 Å². The maximum absolute atomic E-state index is 4.42. The second kappa shape index (κ2) is 8.96. The fraction of sp³-hybridized carbons (Fsp3) is 0.389. The van der Waals surface area contributed by atoms with Crippen molar-refractivity contribution in [2.45, 2.75) is 38.6 Å². The Morgan fingerprint density at radius 2 is 1.95 bits per heavy atom. The van der Waals surface area contributed by atoms with E-state index in [0.29, 0.717) is 6.04 Å². The van der Waals surface area contributed by atoms with E-state index in [2.05, 4.69) is 69.6 Å². The number of aromatic nitrogens is 1. The van der Waals surface area contributed by atoms with Crippen LogP contribution in [-0.2, 0) is 12.8 Å². The average molecular weight is 347 g/mol. The Labute approximate surface area is 136 Å². The van der Waals surface area contributed by atoms with Gasteiger partial charge >= 0.3 is 0 Å². The molecule has 1 unspecified atom stereocenters. The van der Waals surface area contributed by atoms with E-state index < -0.39 is 0 Å². The average Bonchev–Trinajstić information content (AvgIpc) is 2.53. The molecule has 1 N–H and O–H groups in total. The van der Waals surface area contributed by atoms with Crippen LogP contribution in [0.5, 0.6) is 0 Å². The van der Waals surface area contributed by atoms with Crippen molar-refractivity contribution < 1.29 is 0 Å². The number of benzene rings is 1. The summed E-state index contributed by atoms with van der Waals surface area (Å²) in [6, 6.07) is 15.1. The first-order valence-corrected chi connectivity index (χ1v) is 8.45. The van der Waals surface area contributed by atoms with Gasteiger partial charge in [0.15, 0.2) is 0 Å². The molecule has 1 aromatic heterocycles. The van der Waals surface area contributed by atoms with E-state index in [0.717, 1.165) is 32.2 Å². The molecular weight excluding hydrogens is 324 g/mol. The predicted octanol–water partition coefficient (Wildman–Crippen LogP) is 4.39. The summed E-state index contributed by atoms with van der Waals surface area (Å²) in [5.74, 6) is 0. The topological polar surface area (TPSA) is 24.9 Å². The second-order valence-corrected chi connectivity index (χ2v) is 6.16. The molecule has 0 aliphatic rings. The lowest BCUT2D eigenvalue weighted by molar-refractivity contribution is 0.475. The lowest BCUT2D eigenvalue weighted by Gasteiger charge is -2.19. The quantitative estimate of drug-likeness (QED) is 0.766. The summed E-state index contributed by atoms with van der Waals surface area (Å²) in [5.41, 5.74) is 2.54.